The van der Waals surface area contributed by atoms with Gasteiger partial charge in [-0.15, -0.1) is 11.3 Å². The Hall–Kier alpha value is -2.92. The van der Waals surface area contributed by atoms with E-state index >= 15 is 0 Å². The smallest absolute Gasteiger partial charge is 0.142 e. The van der Waals surface area contributed by atoms with Crippen LogP contribution in [0.25, 0.3) is 20.7 Å². The summed E-state index contributed by atoms with van der Waals surface area (Å²) in [5.74, 6) is 1.70. The zero-order chi connectivity index (χ0) is 19.6. The van der Waals surface area contributed by atoms with E-state index in [0.717, 1.165) is 40.7 Å². The highest BCUT2D eigenvalue weighted by Gasteiger charge is 2.16. The number of benzene rings is 2. The Morgan fingerprint density at radius 1 is 0.966 bits per heavy atom. The minimum atomic E-state index is 0.846. The third-order valence-corrected chi connectivity index (χ3v) is 6.76. The third kappa shape index (κ3) is 3.83. The van der Waals surface area contributed by atoms with Crippen LogP contribution in [0.5, 0.6) is 0 Å². The summed E-state index contributed by atoms with van der Waals surface area (Å²) >= 11 is 1.70. The molecule has 0 bridgehead atoms. The van der Waals surface area contributed by atoms with Crippen LogP contribution in [-0.4, -0.2) is 23.1 Å². The average molecular weight is 401 g/mol. The molecule has 1 saturated heterocycles. The predicted molar refractivity (Wildman–Crippen MR) is 123 cm³/mol. The fraction of sp³-hybridized carbons (Fsp3) is 0.250. The molecular formula is C24H24N4S. The number of nitrogens with zero attached hydrogens (tertiary/aromatic N) is 3. The molecule has 5 rings (SSSR count). The van der Waals surface area contributed by atoms with Crippen molar-refractivity contribution in [2.75, 3.05) is 23.3 Å². The van der Waals surface area contributed by atoms with Crippen molar-refractivity contribution in [1.82, 2.24) is 9.97 Å². The molecule has 4 aromatic rings. The van der Waals surface area contributed by atoms with Gasteiger partial charge in [0.05, 0.1) is 5.39 Å². The van der Waals surface area contributed by atoms with E-state index in [1.807, 2.05) is 6.07 Å². The van der Waals surface area contributed by atoms with Crippen LogP contribution in [0.2, 0.25) is 0 Å². The summed E-state index contributed by atoms with van der Waals surface area (Å²) in [6, 6.07) is 21.3. The third-order valence-electron chi connectivity index (χ3n) is 5.67. The monoisotopic (exact) mass is 400 g/mol. The number of nitrogens with one attached hydrogen (secondary N) is 1. The van der Waals surface area contributed by atoms with E-state index in [2.05, 4.69) is 81.7 Å². The van der Waals surface area contributed by atoms with Crippen molar-refractivity contribution in [3.05, 3.63) is 67.0 Å². The van der Waals surface area contributed by atoms with Crippen molar-refractivity contribution >= 4 is 38.7 Å². The average Bonchev–Trinajstić information content (AvgIpc) is 3.21. The van der Waals surface area contributed by atoms with Gasteiger partial charge in [0, 0.05) is 29.3 Å². The van der Waals surface area contributed by atoms with Gasteiger partial charge in [-0.25, -0.2) is 9.97 Å². The number of rotatable bonds is 4. The Labute approximate surface area is 175 Å². The first-order valence-corrected chi connectivity index (χ1v) is 11.0. The number of hydrogen-bond acceptors (Lipinski definition) is 5. The number of piperidine rings is 1. The molecule has 5 heteroatoms. The maximum absolute atomic E-state index is 4.50. The Morgan fingerprint density at radius 2 is 1.72 bits per heavy atom. The summed E-state index contributed by atoms with van der Waals surface area (Å²) in [6.45, 7) is 4.65. The normalized spacial score (nSPS) is 15.0. The molecule has 2 aromatic carbocycles. The van der Waals surface area contributed by atoms with Crippen molar-refractivity contribution in [2.24, 2.45) is 5.92 Å². The van der Waals surface area contributed by atoms with E-state index in [1.54, 1.807) is 17.7 Å². The fourth-order valence-corrected chi connectivity index (χ4v) is 4.86. The van der Waals surface area contributed by atoms with Gasteiger partial charge in [-0.1, -0.05) is 37.3 Å². The van der Waals surface area contributed by atoms with Gasteiger partial charge in [0.15, 0.2) is 0 Å². The first kappa shape index (κ1) is 18.1. The Bertz CT molecular complexity index is 1100. The van der Waals surface area contributed by atoms with Crippen molar-refractivity contribution in [3.63, 3.8) is 0 Å². The molecule has 0 aliphatic carbocycles. The molecule has 2 aromatic heterocycles. The number of anilines is 3. The summed E-state index contributed by atoms with van der Waals surface area (Å²) in [6.07, 6.45) is 4.20. The second-order valence-corrected chi connectivity index (χ2v) is 8.79. The predicted octanol–water partition coefficient (Wildman–Crippen LogP) is 6.34. The van der Waals surface area contributed by atoms with Gasteiger partial charge in [-0.05, 0) is 54.7 Å². The molecular weight excluding hydrogens is 376 g/mol. The summed E-state index contributed by atoms with van der Waals surface area (Å²) in [5, 5.41) is 4.55. The molecule has 0 spiro atoms. The van der Waals surface area contributed by atoms with Crippen molar-refractivity contribution in [3.8, 4) is 10.4 Å². The summed E-state index contributed by atoms with van der Waals surface area (Å²) in [5.41, 5.74) is 3.56. The summed E-state index contributed by atoms with van der Waals surface area (Å²) in [7, 11) is 0. The lowest BCUT2D eigenvalue weighted by atomic mass is 9.99. The van der Waals surface area contributed by atoms with Crippen molar-refractivity contribution < 1.29 is 0 Å². The van der Waals surface area contributed by atoms with Crippen LogP contribution >= 0.6 is 11.3 Å². The number of aromatic nitrogens is 2. The number of thiophene rings is 1. The summed E-state index contributed by atoms with van der Waals surface area (Å²) in [4.78, 5) is 13.7. The highest BCUT2D eigenvalue weighted by atomic mass is 32.1. The number of hydrogen-bond donors (Lipinski definition) is 1. The highest BCUT2D eigenvalue weighted by molar-refractivity contribution is 7.21. The molecule has 1 aliphatic rings. The van der Waals surface area contributed by atoms with Crippen LogP contribution < -0.4 is 10.2 Å². The molecule has 0 radical (unpaired) electrons. The Kier molecular flexibility index (Phi) is 4.90. The van der Waals surface area contributed by atoms with E-state index < -0.39 is 0 Å². The Morgan fingerprint density at radius 3 is 2.48 bits per heavy atom. The fourth-order valence-electron chi connectivity index (χ4n) is 3.86. The minimum Gasteiger partial charge on any atom is -0.372 e. The SMILES string of the molecule is CC1CCN(c2ccc(Nc3ncnc4sc(-c5ccccc5)cc34)cc2)CC1. The van der Waals surface area contributed by atoms with Crippen LogP contribution in [0.1, 0.15) is 19.8 Å². The van der Waals surface area contributed by atoms with Crippen LogP contribution in [0, 0.1) is 5.92 Å². The van der Waals surface area contributed by atoms with Gasteiger partial charge in [0.2, 0.25) is 0 Å². The van der Waals surface area contributed by atoms with E-state index in [9.17, 15) is 0 Å². The first-order chi connectivity index (χ1) is 14.3. The van der Waals surface area contributed by atoms with Gasteiger partial charge in [-0.2, -0.15) is 0 Å². The lowest BCUT2D eigenvalue weighted by Crippen LogP contribution is -2.32. The van der Waals surface area contributed by atoms with Gasteiger partial charge < -0.3 is 10.2 Å². The van der Waals surface area contributed by atoms with Crippen molar-refractivity contribution in [2.45, 2.75) is 19.8 Å². The largest absolute Gasteiger partial charge is 0.372 e. The molecule has 146 valence electrons. The maximum Gasteiger partial charge on any atom is 0.142 e. The summed E-state index contributed by atoms with van der Waals surface area (Å²) < 4.78 is 0. The zero-order valence-corrected chi connectivity index (χ0v) is 17.3. The molecule has 29 heavy (non-hydrogen) atoms. The lowest BCUT2D eigenvalue weighted by Gasteiger charge is -2.32. The second-order valence-electron chi connectivity index (χ2n) is 7.76. The van der Waals surface area contributed by atoms with E-state index in [0.29, 0.717) is 0 Å². The maximum atomic E-state index is 4.50. The molecule has 3 heterocycles. The quantitative estimate of drug-likeness (QED) is 0.434. The number of fused-ring (bicyclic) bond motifs is 1. The first-order valence-electron chi connectivity index (χ1n) is 10.2. The standard InChI is InChI=1S/C24H24N4S/c1-17-11-13-28(14-12-17)20-9-7-19(8-10-20)27-23-21-15-22(18-5-3-2-4-6-18)29-24(21)26-16-25-23/h2-10,15-17H,11-14H2,1H3,(H,25,26,27). The molecule has 1 aliphatic heterocycles. The highest BCUT2D eigenvalue weighted by Crippen LogP contribution is 2.36. The van der Waals surface area contributed by atoms with Gasteiger partial charge in [0.25, 0.3) is 0 Å². The second kappa shape index (κ2) is 7.84. The molecule has 0 saturated carbocycles. The molecule has 1 N–H and O–H groups in total. The molecule has 1 fully saturated rings. The Balaban J connectivity index is 1.38. The molecule has 0 atom stereocenters. The van der Waals surface area contributed by atoms with E-state index in [4.69, 9.17) is 0 Å². The minimum absolute atomic E-state index is 0.846. The van der Waals surface area contributed by atoms with Gasteiger partial charge in [0.1, 0.15) is 17.0 Å². The van der Waals surface area contributed by atoms with E-state index in [-0.39, 0.29) is 0 Å². The van der Waals surface area contributed by atoms with Crippen LogP contribution in [0.15, 0.2) is 67.0 Å². The van der Waals surface area contributed by atoms with Crippen molar-refractivity contribution in [1.29, 1.82) is 0 Å². The zero-order valence-electron chi connectivity index (χ0n) is 16.5. The molecule has 4 nitrogen and oxygen atoms in total. The van der Waals surface area contributed by atoms with Crippen LogP contribution in [0.3, 0.4) is 0 Å². The molecule has 0 unspecified atom stereocenters. The topological polar surface area (TPSA) is 41.0 Å². The van der Waals surface area contributed by atoms with Gasteiger partial charge >= 0.3 is 0 Å². The van der Waals surface area contributed by atoms with Gasteiger partial charge in [-0.3, -0.25) is 0 Å². The van der Waals surface area contributed by atoms with Crippen LogP contribution in [0.4, 0.5) is 17.2 Å². The van der Waals surface area contributed by atoms with E-state index in [1.165, 1.54) is 29.0 Å². The molecule has 0 amide bonds. The lowest BCUT2D eigenvalue weighted by molar-refractivity contribution is 0.438. The van der Waals surface area contributed by atoms with Crippen LogP contribution in [-0.2, 0) is 0 Å².